The summed E-state index contributed by atoms with van der Waals surface area (Å²) in [5, 5.41) is 20.1. The first-order valence-corrected chi connectivity index (χ1v) is 5.76. The predicted octanol–water partition coefficient (Wildman–Crippen LogP) is 1.19. The first-order valence-electron chi connectivity index (χ1n) is 5.76. The van der Waals surface area contributed by atoms with Crippen molar-refractivity contribution < 1.29 is 5.11 Å². The highest BCUT2D eigenvalue weighted by atomic mass is 16.3. The molecule has 0 saturated heterocycles. The zero-order valence-electron chi connectivity index (χ0n) is 8.95. The Morgan fingerprint density at radius 2 is 2.27 bits per heavy atom. The van der Waals surface area contributed by atoms with Crippen LogP contribution < -0.4 is 5.32 Å². The van der Waals surface area contributed by atoms with Crippen LogP contribution in [-0.4, -0.2) is 27.4 Å². The number of aromatic amines is 1. The fourth-order valence-corrected chi connectivity index (χ4v) is 2.15. The molecule has 1 aliphatic carbocycles. The molecule has 0 bridgehead atoms. The smallest absolute Gasteiger partial charge is 0.0693 e. The summed E-state index contributed by atoms with van der Waals surface area (Å²) < 4.78 is 0. The molecular weight excluding hydrogens is 190 g/mol. The number of H-pyrrole nitrogens is 1. The average molecular weight is 209 g/mol. The van der Waals surface area contributed by atoms with Crippen molar-refractivity contribution in [2.45, 2.75) is 50.8 Å². The average Bonchev–Trinajstić information content (AvgIpc) is 2.67. The largest absolute Gasteiger partial charge is 0.392 e. The van der Waals surface area contributed by atoms with Gasteiger partial charge in [-0.15, -0.1) is 0 Å². The van der Waals surface area contributed by atoms with E-state index < -0.39 is 0 Å². The van der Waals surface area contributed by atoms with E-state index in [4.69, 9.17) is 0 Å². The number of hydrogen-bond acceptors (Lipinski definition) is 3. The molecule has 1 fully saturated rings. The van der Waals surface area contributed by atoms with Gasteiger partial charge >= 0.3 is 0 Å². The molecule has 0 aromatic carbocycles. The molecule has 1 saturated carbocycles. The quantitative estimate of drug-likeness (QED) is 0.655. The van der Waals surface area contributed by atoms with Gasteiger partial charge in [0.2, 0.25) is 0 Å². The number of hydrogen-bond donors (Lipinski definition) is 3. The SMILES string of the molecule is OC1CCCCCC1NCc1ccn[nH]1. The van der Waals surface area contributed by atoms with Crippen molar-refractivity contribution in [3.8, 4) is 0 Å². The highest BCUT2D eigenvalue weighted by Crippen LogP contribution is 2.18. The van der Waals surface area contributed by atoms with Crippen LogP contribution in [0.5, 0.6) is 0 Å². The first kappa shape index (κ1) is 10.6. The van der Waals surface area contributed by atoms with E-state index in [1.165, 1.54) is 12.8 Å². The number of aliphatic hydroxyl groups is 1. The van der Waals surface area contributed by atoms with Crippen molar-refractivity contribution in [2.24, 2.45) is 0 Å². The van der Waals surface area contributed by atoms with Crippen molar-refractivity contribution in [3.05, 3.63) is 18.0 Å². The molecule has 15 heavy (non-hydrogen) atoms. The summed E-state index contributed by atoms with van der Waals surface area (Å²) in [5.74, 6) is 0. The van der Waals surface area contributed by atoms with Crippen LogP contribution in [-0.2, 0) is 6.54 Å². The molecule has 0 aliphatic heterocycles. The van der Waals surface area contributed by atoms with Crippen LogP contribution in [0.2, 0.25) is 0 Å². The molecule has 1 aliphatic rings. The molecule has 0 radical (unpaired) electrons. The summed E-state index contributed by atoms with van der Waals surface area (Å²) in [6.45, 7) is 0.766. The molecule has 1 aromatic rings. The second-order valence-electron chi connectivity index (χ2n) is 4.27. The molecule has 1 aromatic heterocycles. The Balaban J connectivity index is 1.81. The molecule has 1 heterocycles. The summed E-state index contributed by atoms with van der Waals surface area (Å²) in [7, 11) is 0. The van der Waals surface area contributed by atoms with E-state index in [0.29, 0.717) is 0 Å². The second-order valence-corrected chi connectivity index (χ2v) is 4.27. The van der Waals surface area contributed by atoms with Crippen molar-refractivity contribution in [2.75, 3.05) is 0 Å². The van der Waals surface area contributed by atoms with Gasteiger partial charge in [0.1, 0.15) is 0 Å². The lowest BCUT2D eigenvalue weighted by atomic mass is 10.1. The fourth-order valence-electron chi connectivity index (χ4n) is 2.15. The highest BCUT2D eigenvalue weighted by Gasteiger charge is 2.20. The van der Waals surface area contributed by atoms with E-state index in [2.05, 4.69) is 15.5 Å². The summed E-state index contributed by atoms with van der Waals surface area (Å²) in [6.07, 6.45) is 7.20. The normalized spacial score (nSPS) is 27.5. The van der Waals surface area contributed by atoms with Crippen LogP contribution in [0.3, 0.4) is 0 Å². The third kappa shape index (κ3) is 3.04. The van der Waals surface area contributed by atoms with Crippen molar-refractivity contribution in [1.82, 2.24) is 15.5 Å². The Labute approximate surface area is 90.1 Å². The molecule has 0 amide bonds. The maximum atomic E-state index is 9.89. The lowest BCUT2D eigenvalue weighted by Crippen LogP contribution is -2.38. The Morgan fingerprint density at radius 3 is 3.07 bits per heavy atom. The Morgan fingerprint density at radius 1 is 1.40 bits per heavy atom. The second kappa shape index (κ2) is 5.28. The molecule has 84 valence electrons. The zero-order valence-corrected chi connectivity index (χ0v) is 8.95. The van der Waals surface area contributed by atoms with Crippen LogP contribution in [0, 0.1) is 0 Å². The van der Waals surface area contributed by atoms with Crippen molar-refractivity contribution in [3.63, 3.8) is 0 Å². The Bertz CT molecular complexity index is 273. The standard InChI is InChI=1S/C11H19N3O/c15-11-5-3-1-2-4-10(11)12-8-9-6-7-13-14-9/h6-7,10-12,15H,1-5,8H2,(H,13,14). The van der Waals surface area contributed by atoms with Gasteiger partial charge in [-0.3, -0.25) is 5.10 Å². The number of aromatic nitrogens is 2. The monoisotopic (exact) mass is 209 g/mol. The van der Waals surface area contributed by atoms with E-state index in [9.17, 15) is 5.11 Å². The van der Waals surface area contributed by atoms with Gasteiger partial charge in [-0.05, 0) is 18.9 Å². The first-order chi connectivity index (χ1) is 7.36. The van der Waals surface area contributed by atoms with Crippen LogP contribution in [0.25, 0.3) is 0 Å². The lowest BCUT2D eigenvalue weighted by Gasteiger charge is -2.21. The third-order valence-corrected chi connectivity index (χ3v) is 3.09. The van der Waals surface area contributed by atoms with Gasteiger partial charge in [-0.1, -0.05) is 19.3 Å². The van der Waals surface area contributed by atoms with Gasteiger partial charge in [-0.2, -0.15) is 5.10 Å². The topological polar surface area (TPSA) is 60.9 Å². The van der Waals surface area contributed by atoms with Crippen LogP contribution in [0.15, 0.2) is 12.3 Å². The number of rotatable bonds is 3. The third-order valence-electron chi connectivity index (χ3n) is 3.09. The van der Waals surface area contributed by atoms with Crippen molar-refractivity contribution in [1.29, 1.82) is 0 Å². The molecule has 2 atom stereocenters. The molecular formula is C11H19N3O. The highest BCUT2D eigenvalue weighted by molar-refractivity contribution is 4.97. The Kier molecular flexibility index (Phi) is 3.75. The minimum absolute atomic E-state index is 0.185. The molecule has 4 nitrogen and oxygen atoms in total. The van der Waals surface area contributed by atoms with Gasteiger partial charge in [0.25, 0.3) is 0 Å². The van der Waals surface area contributed by atoms with Crippen LogP contribution in [0.4, 0.5) is 0 Å². The maximum Gasteiger partial charge on any atom is 0.0693 e. The van der Waals surface area contributed by atoms with Crippen LogP contribution in [0.1, 0.15) is 37.8 Å². The predicted molar refractivity (Wildman–Crippen MR) is 58.3 cm³/mol. The van der Waals surface area contributed by atoms with Gasteiger partial charge < -0.3 is 10.4 Å². The molecule has 3 N–H and O–H groups in total. The molecule has 2 rings (SSSR count). The Hall–Kier alpha value is -0.870. The fraction of sp³-hybridized carbons (Fsp3) is 0.727. The van der Waals surface area contributed by atoms with Crippen molar-refractivity contribution >= 4 is 0 Å². The summed E-state index contributed by atoms with van der Waals surface area (Å²) in [6, 6.07) is 2.20. The maximum absolute atomic E-state index is 9.89. The van der Waals surface area contributed by atoms with E-state index in [0.717, 1.165) is 31.5 Å². The van der Waals surface area contributed by atoms with E-state index in [1.54, 1.807) is 6.20 Å². The molecule has 4 heteroatoms. The minimum atomic E-state index is -0.185. The van der Waals surface area contributed by atoms with Gasteiger partial charge in [0.05, 0.1) is 6.10 Å². The summed E-state index contributed by atoms with van der Waals surface area (Å²) >= 11 is 0. The summed E-state index contributed by atoms with van der Waals surface area (Å²) in [5.41, 5.74) is 1.08. The van der Waals surface area contributed by atoms with E-state index in [-0.39, 0.29) is 12.1 Å². The molecule has 2 unspecified atom stereocenters. The number of nitrogens with one attached hydrogen (secondary N) is 2. The lowest BCUT2D eigenvalue weighted by molar-refractivity contribution is 0.119. The number of nitrogens with zero attached hydrogens (tertiary/aromatic N) is 1. The van der Waals surface area contributed by atoms with E-state index in [1.807, 2.05) is 6.07 Å². The number of aliphatic hydroxyl groups excluding tert-OH is 1. The zero-order chi connectivity index (χ0) is 10.5. The summed E-state index contributed by atoms with van der Waals surface area (Å²) in [4.78, 5) is 0. The van der Waals surface area contributed by atoms with Crippen LogP contribution >= 0.6 is 0 Å². The van der Waals surface area contributed by atoms with Gasteiger partial charge in [0, 0.05) is 24.5 Å². The van der Waals surface area contributed by atoms with Gasteiger partial charge in [0.15, 0.2) is 0 Å². The molecule has 0 spiro atoms. The van der Waals surface area contributed by atoms with Gasteiger partial charge in [-0.25, -0.2) is 0 Å². The van der Waals surface area contributed by atoms with E-state index >= 15 is 0 Å². The minimum Gasteiger partial charge on any atom is -0.392 e.